The average molecular weight is 943 g/mol. The summed E-state index contributed by atoms with van der Waals surface area (Å²) in [6, 6.07) is 10.3. The lowest BCUT2D eigenvalue weighted by Gasteiger charge is -2.31. The van der Waals surface area contributed by atoms with Gasteiger partial charge in [0.1, 0.15) is 42.8 Å². The molecule has 366 valence electrons. The lowest BCUT2D eigenvalue weighted by Crippen LogP contribution is -2.60. The van der Waals surface area contributed by atoms with Crippen LogP contribution in [0.15, 0.2) is 89.4 Å². The summed E-state index contributed by atoms with van der Waals surface area (Å²) >= 11 is 0. The van der Waals surface area contributed by atoms with E-state index >= 15 is 0 Å². The van der Waals surface area contributed by atoms with E-state index in [1.54, 1.807) is 65.4 Å². The van der Waals surface area contributed by atoms with E-state index in [1.807, 2.05) is 6.07 Å². The smallest absolute Gasteiger partial charge is 0.245 e. The number of rotatable bonds is 27. The minimum atomic E-state index is -1.47. The van der Waals surface area contributed by atoms with Crippen LogP contribution in [-0.2, 0) is 57.7 Å². The number of benzene rings is 2. The van der Waals surface area contributed by atoms with Crippen molar-refractivity contribution in [1.82, 2.24) is 41.0 Å². The Labute approximate surface area is 392 Å². The summed E-state index contributed by atoms with van der Waals surface area (Å²) in [6.07, 6.45) is 5.00. The third kappa shape index (κ3) is 17.7. The van der Waals surface area contributed by atoms with Gasteiger partial charge in [-0.05, 0) is 49.7 Å². The van der Waals surface area contributed by atoms with Gasteiger partial charge in [0.05, 0.1) is 12.7 Å². The Kier molecular flexibility index (Phi) is 20.7. The van der Waals surface area contributed by atoms with E-state index in [9.17, 15) is 38.4 Å². The normalized spacial score (nSPS) is 15.2. The van der Waals surface area contributed by atoms with Crippen molar-refractivity contribution in [3.63, 3.8) is 0 Å². The largest absolute Gasteiger partial charge is 0.370 e. The molecule has 8 amide bonds. The molecule has 0 bridgehead atoms. The number of hydrogen-bond acceptors (Lipinski definition) is 11. The van der Waals surface area contributed by atoms with Gasteiger partial charge < -0.3 is 70.5 Å². The molecule has 24 nitrogen and oxygen atoms in total. The van der Waals surface area contributed by atoms with E-state index < -0.39 is 89.9 Å². The number of aliphatic imine (C=N–C) groups is 2. The van der Waals surface area contributed by atoms with E-state index in [4.69, 9.17) is 34.4 Å². The monoisotopic (exact) mass is 942 g/mol. The lowest BCUT2D eigenvalue weighted by molar-refractivity contribution is -0.142. The number of nitrogens with two attached hydrogens (primary N) is 6. The van der Waals surface area contributed by atoms with Crippen molar-refractivity contribution in [1.29, 1.82) is 0 Å². The van der Waals surface area contributed by atoms with Gasteiger partial charge in [0.15, 0.2) is 11.9 Å². The zero-order valence-electron chi connectivity index (χ0n) is 37.6. The maximum absolute atomic E-state index is 14.6. The Morgan fingerprint density at radius 2 is 1.16 bits per heavy atom. The van der Waals surface area contributed by atoms with E-state index in [2.05, 4.69) is 41.6 Å². The average Bonchev–Trinajstić information content (AvgIpc) is 4.01. The van der Waals surface area contributed by atoms with Crippen molar-refractivity contribution >= 4 is 59.2 Å². The van der Waals surface area contributed by atoms with Crippen LogP contribution >= 0.6 is 0 Å². The summed E-state index contributed by atoms with van der Waals surface area (Å²) < 4.78 is 1.54. The van der Waals surface area contributed by atoms with Gasteiger partial charge >= 0.3 is 0 Å². The molecule has 2 heterocycles. The molecule has 3 aromatic rings. The highest BCUT2D eigenvalue weighted by Gasteiger charge is 2.40. The number of nitrogens with zero attached hydrogens (tertiary/aromatic N) is 5. The van der Waals surface area contributed by atoms with Crippen molar-refractivity contribution < 1.29 is 38.4 Å². The number of carbonyl (C=O) groups is 8. The summed E-state index contributed by atoms with van der Waals surface area (Å²) in [4.78, 5) is 121. The molecule has 0 aliphatic carbocycles. The Bertz CT molecular complexity index is 2230. The maximum Gasteiger partial charge on any atom is 0.245 e. The van der Waals surface area contributed by atoms with Gasteiger partial charge in [-0.15, -0.1) is 0 Å². The van der Waals surface area contributed by atoms with Crippen LogP contribution in [0.1, 0.15) is 56.1 Å². The van der Waals surface area contributed by atoms with Crippen molar-refractivity contribution in [2.75, 3.05) is 19.6 Å². The number of nitrogens with one attached hydrogen (secondary N) is 5. The van der Waals surface area contributed by atoms with Gasteiger partial charge in [-0.25, -0.2) is 4.98 Å². The van der Waals surface area contributed by atoms with Crippen LogP contribution in [0.5, 0.6) is 0 Å². The summed E-state index contributed by atoms with van der Waals surface area (Å²) in [5, 5.41) is 13.4. The number of likely N-dealkylation sites (tertiary alicyclic amines) is 1. The molecule has 6 atom stereocenters. The number of amides is 8. The molecule has 0 radical (unpaired) electrons. The molecule has 0 saturated carbocycles. The van der Waals surface area contributed by atoms with Crippen molar-refractivity contribution in [2.45, 2.75) is 101 Å². The fraction of sp³-hybridized carbons (Fsp3) is 0.432. The summed E-state index contributed by atoms with van der Waals surface area (Å²) in [5.41, 5.74) is 34.0. The second-order valence-electron chi connectivity index (χ2n) is 16.1. The highest BCUT2D eigenvalue weighted by Crippen LogP contribution is 2.21. The highest BCUT2D eigenvalue weighted by atomic mass is 16.2. The number of guanidine groups is 2. The lowest BCUT2D eigenvalue weighted by atomic mass is 10.0. The first-order chi connectivity index (χ1) is 32.5. The van der Waals surface area contributed by atoms with E-state index in [0.29, 0.717) is 12.0 Å². The van der Waals surface area contributed by atoms with Crippen LogP contribution < -0.4 is 61.0 Å². The molecule has 0 spiro atoms. The topological polar surface area (TPSA) is 399 Å². The number of carbonyl (C=O) groups excluding carboxylic acids is 8. The van der Waals surface area contributed by atoms with E-state index in [-0.39, 0.29) is 83.0 Å². The maximum atomic E-state index is 14.6. The van der Waals surface area contributed by atoms with Gasteiger partial charge in [0.25, 0.3) is 0 Å². The van der Waals surface area contributed by atoms with Gasteiger partial charge in [0, 0.05) is 44.9 Å². The Balaban J connectivity index is 1.59. The Morgan fingerprint density at radius 1 is 0.647 bits per heavy atom. The first-order valence-corrected chi connectivity index (χ1v) is 22.0. The third-order valence-electron chi connectivity index (χ3n) is 10.8. The zero-order chi connectivity index (χ0) is 49.6. The Morgan fingerprint density at radius 3 is 1.68 bits per heavy atom. The number of hydrogen-bond donors (Lipinski definition) is 11. The minimum Gasteiger partial charge on any atom is -0.370 e. The van der Waals surface area contributed by atoms with Crippen LogP contribution in [0.25, 0.3) is 0 Å². The van der Waals surface area contributed by atoms with Gasteiger partial charge in [-0.2, -0.15) is 0 Å². The second kappa shape index (κ2) is 26.8. The zero-order valence-corrected chi connectivity index (χ0v) is 37.6. The molecule has 68 heavy (non-hydrogen) atoms. The quantitative estimate of drug-likeness (QED) is 0.0199. The SMILES string of the molecule is NC(=O)C[C@H](NC(=O)[C@H](CCCN=C(N)N)NC(=O)[C@@H]1CCCN1C(=O)[C@H](CCCN=C(N)N)NC(=O)[C@H](Cc1ccccc1)NC(=O)[C@H](Cc1ccccc1)NC(=O)Cn1ccnc1)C(N)=O. The van der Waals surface area contributed by atoms with Gasteiger partial charge in [-0.1, -0.05) is 60.7 Å². The molecule has 1 aliphatic rings. The first-order valence-electron chi connectivity index (χ1n) is 22.0. The molecule has 1 saturated heterocycles. The predicted molar refractivity (Wildman–Crippen MR) is 250 cm³/mol. The summed E-state index contributed by atoms with van der Waals surface area (Å²) in [7, 11) is 0. The fourth-order valence-electron chi connectivity index (χ4n) is 7.45. The molecule has 17 N–H and O–H groups in total. The molecule has 1 aliphatic heterocycles. The molecule has 1 fully saturated rings. The summed E-state index contributed by atoms with van der Waals surface area (Å²) in [5.74, 6) is -6.41. The minimum absolute atomic E-state index is 0.00330. The third-order valence-corrected chi connectivity index (χ3v) is 10.8. The van der Waals surface area contributed by atoms with Crippen LogP contribution in [0.3, 0.4) is 0 Å². The van der Waals surface area contributed by atoms with Crippen molar-refractivity contribution in [3.05, 3.63) is 90.5 Å². The van der Waals surface area contributed by atoms with E-state index in [0.717, 1.165) is 5.56 Å². The van der Waals surface area contributed by atoms with Gasteiger partial charge in [0.2, 0.25) is 47.3 Å². The molecular weight excluding hydrogens is 881 g/mol. The second-order valence-corrected chi connectivity index (χ2v) is 16.1. The first kappa shape index (κ1) is 52.6. The van der Waals surface area contributed by atoms with Gasteiger partial charge in [-0.3, -0.25) is 48.3 Å². The van der Waals surface area contributed by atoms with Crippen LogP contribution in [0.4, 0.5) is 0 Å². The molecule has 2 aromatic carbocycles. The standard InChI is InChI=1S/C44H62N16O8/c45-35(61)24-31(37(46)63)57-38(64)29(14-7-17-52-43(47)48)55-41(67)34-16-9-20-60(34)42(68)30(15-8-18-53-44(49)50)56-40(66)33(23-28-12-5-2-6-13-28)58-39(65)32(22-27-10-3-1-4-11-27)54-36(62)25-59-21-19-51-26-59/h1-6,10-13,19,21,26,29-34H,7-9,14-18,20,22-25H2,(H2,45,61)(H2,46,63)(H,54,62)(H,55,67)(H,56,66)(H,57,64)(H,58,65)(H4,47,48,52)(H4,49,50,53)/t29-,30-,31-,32-,33-,34-/m0/s1. The fourth-order valence-corrected chi connectivity index (χ4v) is 7.45. The predicted octanol–water partition coefficient (Wildman–Crippen LogP) is -3.75. The summed E-state index contributed by atoms with van der Waals surface area (Å²) in [6.45, 7) is 0.156. The van der Waals surface area contributed by atoms with E-state index in [1.165, 1.54) is 17.4 Å². The molecule has 1 aromatic heterocycles. The number of primary amides is 2. The molecule has 4 rings (SSSR count). The van der Waals surface area contributed by atoms with Crippen LogP contribution in [0.2, 0.25) is 0 Å². The van der Waals surface area contributed by atoms with Crippen molar-refractivity contribution in [2.24, 2.45) is 44.4 Å². The number of imidazole rings is 1. The van der Waals surface area contributed by atoms with Crippen molar-refractivity contribution in [3.8, 4) is 0 Å². The highest BCUT2D eigenvalue weighted by molar-refractivity contribution is 5.98. The molecule has 0 unspecified atom stereocenters. The molecule has 24 heteroatoms. The molecular formula is C44H62N16O8. The van der Waals surface area contributed by atoms with Crippen LogP contribution in [-0.4, -0.2) is 130 Å². The number of aromatic nitrogens is 2. The van der Waals surface area contributed by atoms with Crippen LogP contribution in [0, 0.1) is 0 Å². The Hall–Kier alpha value is -8.05.